The van der Waals surface area contributed by atoms with E-state index >= 15 is 0 Å². The van der Waals surface area contributed by atoms with E-state index < -0.39 is 11.8 Å². The summed E-state index contributed by atoms with van der Waals surface area (Å²) in [6, 6.07) is 14.8. The molecule has 36 heavy (non-hydrogen) atoms. The van der Waals surface area contributed by atoms with Crippen molar-refractivity contribution in [1.29, 1.82) is 0 Å². The molecule has 8 nitrogen and oxygen atoms in total. The second-order valence-electron chi connectivity index (χ2n) is 8.70. The first kappa shape index (κ1) is 23.3. The number of piperidine rings is 1. The van der Waals surface area contributed by atoms with Gasteiger partial charge in [0.25, 0.3) is 0 Å². The smallest absolute Gasteiger partial charge is 0.323 e. The highest BCUT2D eigenvalue weighted by molar-refractivity contribution is 6.00. The lowest BCUT2D eigenvalue weighted by molar-refractivity contribution is 0.262. The second-order valence-corrected chi connectivity index (χ2v) is 8.70. The van der Waals surface area contributed by atoms with E-state index in [0.717, 1.165) is 24.3 Å². The largest absolute Gasteiger partial charge is 0.457 e. The first-order valence-corrected chi connectivity index (χ1v) is 11.9. The zero-order chi connectivity index (χ0) is 24.9. The van der Waals surface area contributed by atoms with Gasteiger partial charge < -0.3 is 20.3 Å². The number of nitrogens with zero attached hydrogens (tertiary/aromatic N) is 4. The number of carbonyl (C=O) groups is 1. The number of hydrogen-bond acceptors (Lipinski definition) is 5. The molecule has 4 aromatic rings. The lowest BCUT2D eigenvalue weighted by Gasteiger charge is -2.29. The first-order valence-electron chi connectivity index (χ1n) is 11.9. The van der Waals surface area contributed by atoms with E-state index in [4.69, 9.17) is 4.74 Å². The highest BCUT2D eigenvalue weighted by Gasteiger charge is 2.13. The monoisotopic (exact) mass is 486 g/mol. The SMILES string of the molecule is Cn1cc(-c2cc(Oc3ccc(F)c(NC(=O)Nc4cccc(N5CCCCC5)c4)c3)ccn2)cn1. The summed E-state index contributed by atoms with van der Waals surface area (Å²) < 4.78 is 22.1. The van der Waals surface area contributed by atoms with Crippen molar-refractivity contribution in [2.45, 2.75) is 19.3 Å². The third kappa shape index (κ3) is 5.63. The van der Waals surface area contributed by atoms with Gasteiger partial charge in [-0.05, 0) is 55.7 Å². The van der Waals surface area contributed by atoms with Gasteiger partial charge in [-0.1, -0.05) is 6.07 Å². The van der Waals surface area contributed by atoms with Gasteiger partial charge in [0.1, 0.15) is 17.3 Å². The molecule has 1 aliphatic rings. The molecule has 9 heteroatoms. The molecule has 2 aromatic carbocycles. The predicted octanol–water partition coefficient (Wildman–Crippen LogP) is 6.05. The molecular weight excluding hydrogens is 459 g/mol. The van der Waals surface area contributed by atoms with E-state index in [-0.39, 0.29) is 5.69 Å². The third-order valence-electron chi connectivity index (χ3n) is 5.98. The summed E-state index contributed by atoms with van der Waals surface area (Å²) in [6.07, 6.45) is 8.78. The van der Waals surface area contributed by atoms with Crippen molar-refractivity contribution in [2.75, 3.05) is 28.6 Å². The average molecular weight is 487 g/mol. The normalized spacial score (nSPS) is 13.3. The molecule has 2 N–H and O–H groups in total. The summed E-state index contributed by atoms with van der Waals surface area (Å²) in [7, 11) is 1.83. The molecule has 0 radical (unpaired) electrons. The summed E-state index contributed by atoms with van der Waals surface area (Å²) in [6.45, 7) is 2.02. The molecule has 0 unspecified atom stereocenters. The Bertz CT molecular complexity index is 1370. The maximum atomic E-state index is 14.5. The summed E-state index contributed by atoms with van der Waals surface area (Å²) in [5.41, 5.74) is 3.27. The molecule has 0 aliphatic carbocycles. The van der Waals surface area contributed by atoms with Crippen LogP contribution < -0.4 is 20.3 Å². The van der Waals surface area contributed by atoms with Gasteiger partial charge in [0.05, 0.1) is 17.6 Å². The quantitative estimate of drug-likeness (QED) is 0.347. The van der Waals surface area contributed by atoms with Crippen LogP contribution in [0, 0.1) is 5.82 Å². The van der Waals surface area contributed by atoms with Crippen molar-refractivity contribution in [2.24, 2.45) is 7.05 Å². The Morgan fingerprint density at radius 1 is 1.00 bits per heavy atom. The van der Waals surface area contributed by atoms with Gasteiger partial charge in [-0.2, -0.15) is 5.10 Å². The Balaban J connectivity index is 1.26. The molecule has 2 amide bonds. The van der Waals surface area contributed by atoms with Gasteiger partial charge in [-0.3, -0.25) is 9.67 Å². The minimum absolute atomic E-state index is 0.0127. The number of pyridine rings is 1. The average Bonchev–Trinajstić information content (AvgIpc) is 3.33. The lowest BCUT2D eigenvalue weighted by atomic mass is 10.1. The molecule has 0 bridgehead atoms. The summed E-state index contributed by atoms with van der Waals surface area (Å²) in [5, 5.41) is 9.53. The number of urea groups is 1. The van der Waals surface area contributed by atoms with E-state index in [1.165, 1.54) is 37.5 Å². The van der Waals surface area contributed by atoms with Crippen LogP contribution in [-0.4, -0.2) is 33.9 Å². The van der Waals surface area contributed by atoms with E-state index in [1.807, 2.05) is 37.5 Å². The highest BCUT2D eigenvalue weighted by atomic mass is 19.1. The van der Waals surface area contributed by atoms with Crippen LogP contribution in [0.2, 0.25) is 0 Å². The molecule has 1 saturated heterocycles. The van der Waals surface area contributed by atoms with Crippen LogP contribution in [0.15, 0.2) is 73.2 Å². The van der Waals surface area contributed by atoms with Crippen molar-refractivity contribution in [3.05, 3.63) is 79.0 Å². The number of hydrogen-bond donors (Lipinski definition) is 2. The van der Waals surface area contributed by atoms with Crippen LogP contribution in [0.5, 0.6) is 11.5 Å². The van der Waals surface area contributed by atoms with Gasteiger partial charge in [0.15, 0.2) is 0 Å². The van der Waals surface area contributed by atoms with Gasteiger partial charge in [-0.25, -0.2) is 9.18 Å². The van der Waals surface area contributed by atoms with Crippen LogP contribution in [-0.2, 0) is 7.05 Å². The summed E-state index contributed by atoms with van der Waals surface area (Å²) in [5.74, 6) is 0.341. The first-order chi connectivity index (χ1) is 17.5. The summed E-state index contributed by atoms with van der Waals surface area (Å²) >= 11 is 0. The number of benzene rings is 2. The molecule has 0 saturated carbocycles. The molecule has 184 valence electrons. The minimum atomic E-state index is -0.564. The molecule has 1 fully saturated rings. The number of rotatable bonds is 6. The second kappa shape index (κ2) is 10.5. The number of aryl methyl sites for hydroxylation is 1. The molecular formula is C27H27FN6O2. The third-order valence-corrected chi connectivity index (χ3v) is 5.98. The molecule has 5 rings (SSSR count). The number of amides is 2. The Morgan fingerprint density at radius 2 is 1.83 bits per heavy atom. The van der Waals surface area contributed by atoms with E-state index in [9.17, 15) is 9.18 Å². The van der Waals surface area contributed by atoms with Crippen LogP contribution >= 0.6 is 0 Å². The fraction of sp³-hybridized carbons (Fsp3) is 0.222. The molecule has 0 spiro atoms. The molecule has 2 aromatic heterocycles. The van der Waals surface area contributed by atoms with Crippen molar-refractivity contribution in [3.8, 4) is 22.8 Å². The molecule has 1 aliphatic heterocycles. The Labute approximate surface area is 208 Å². The van der Waals surface area contributed by atoms with Gasteiger partial charge in [-0.15, -0.1) is 0 Å². The van der Waals surface area contributed by atoms with Gasteiger partial charge >= 0.3 is 6.03 Å². The zero-order valence-corrected chi connectivity index (χ0v) is 19.9. The minimum Gasteiger partial charge on any atom is -0.457 e. The summed E-state index contributed by atoms with van der Waals surface area (Å²) in [4.78, 5) is 19.3. The van der Waals surface area contributed by atoms with Crippen molar-refractivity contribution in [1.82, 2.24) is 14.8 Å². The molecule has 0 atom stereocenters. The maximum Gasteiger partial charge on any atom is 0.323 e. The van der Waals surface area contributed by atoms with Crippen molar-refractivity contribution >= 4 is 23.1 Å². The van der Waals surface area contributed by atoms with Gasteiger partial charge in [0, 0.05) is 61.6 Å². The number of aromatic nitrogens is 3. The highest BCUT2D eigenvalue weighted by Crippen LogP contribution is 2.29. The maximum absolute atomic E-state index is 14.5. The van der Waals surface area contributed by atoms with Crippen LogP contribution in [0.3, 0.4) is 0 Å². The van der Waals surface area contributed by atoms with E-state index in [2.05, 4.69) is 25.6 Å². The fourth-order valence-corrected chi connectivity index (χ4v) is 4.20. The number of anilines is 3. The number of halogens is 1. The van der Waals surface area contributed by atoms with Crippen molar-refractivity contribution in [3.63, 3.8) is 0 Å². The molecule has 3 heterocycles. The van der Waals surface area contributed by atoms with Crippen molar-refractivity contribution < 1.29 is 13.9 Å². The van der Waals surface area contributed by atoms with Crippen LogP contribution in [0.25, 0.3) is 11.3 Å². The van der Waals surface area contributed by atoms with Gasteiger partial charge in [0.2, 0.25) is 0 Å². The Kier molecular flexibility index (Phi) is 6.79. The predicted molar refractivity (Wildman–Crippen MR) is 138 cm³/mol. The standard InChI is InChI=1S/C27H27FN6O2/c1-33-18-19(17-30-33)25-15-23(10-11-29-25)36-22-8-9-24(28)26(16-22)32-27(35)31-20-6-5-7-21(14-20)34-12-3-2-4-13-34/h5-11,14-18H,2-4,12-13H2,1H3,(H2,31,32,35). The Hall–Kier alpha value is -4.40. The van der Waals surface area contributed by atoms with E-state index in [1.54, 1.807) is 29.2 Å². The van der Waals surface area contributed by atoms with Crippen LogP contribution in [0.1, 0.15) is 19.3 Å². The van der Waals surface area contributed by atoms with Crippen LogP contribution in [0.4, 0.5) is 26.2 Å². The Morgan fingerprint density at radius 3 is 2.64 bits per heavy atom. The number of ether oxygens (including phenoxy) is 1. The van der Waals surface area contributed by atoms with E-state index in [0.29, 0.717) is 22.9 Å². The number of carbonyl (C=O) groups excluding carboxylic acids is 1. The lowest BCUT2D eigenvalue weighted by Crippen LogP contribution is -2.29. The topological polar surface area (TPSA) is 84.3 Å². The zero-order valence-electron chi connectivity index (χ0n) is 19.9. The fourth-order valence-electron chi connectivity index (χ4n) is 4.20. The number of nitrogens with one attached hydrogen (secondary N) is 2.